The molecule has 1 atom stereocenters. The molecule has 0 spiro atoms. The van der Waals surface area contributed by atoms with Crippen LogP contribution in [0.2, 0.25) is 0 Å². The molecule has 0 heterocycles. The van der Waals surface area contributed by atoms with Crippen LogP contribution in [0.5, 0.6) is 0 Å². The molecule has 3 heteroatoms. The smallest absolute Gasteiger partial charge is 0.219 e. The zero-order valence-electron chi connectivity index (χ0n) is 8.81. The second kappa shape index (κ2) is 8.05. The Bertz CT molecular complexity index is 137. The Kier molecular flexibility index (Phi) is 7.69. The third-order valence-corrected chi connectivity index (χ3v) is 2.31. The maximum atomic E-state index is 11.1. The van der Waals surface area contributed by atoms with E-state index in [-0.39, 0.29) is 5.91 Å². The third-order valence-electron chi connectivity index (χ3n) is 2.31. The van der Waals surface area contributed by atoms with Gasteiger partial charge >= 0.3 is 0 Å². The first-order valence-electron chi connectivity index (χ1n) is 5.21. The highest BCUT2D eigenvalue weighted by Crippen LogP contribution is 2.13. The Balaban J connectivity index is 3.52. The third kappa shape index (κ3) is 6.58. The van der Waals surface area contributed by atoms with E-state index in [2.05, 4.69) is 12.2 Å². The summed E-state index contributed by atoms with van der Waals surface area (Å²) in [5.74, 6) is 0.783. The summed E-state index contributed by atoms with van der Waals surface area (Å²) in [6.07, 6.45) is 3.78. The predicted octanol–water partition coefficient (Wildman–Crippen LogP) is 1.28. The van der Waals surface area contributed by atoms with Gasteiger partial charge in [-0.3, -0.25) is 4.79 Å². The summed E-state index contributed by atoms with van der Waals surface area (Å²) in [4.78, 5) is 11.1. The van der Waals surface area contributed by atoms with Crippen molar-refractivity contribution >= 4 is 5.91 Å². The van der Waals surface area contributed by atoms with E-state index in [0.717, 1.165) is 32.4 Å². The van der Waals surface area contributed by atoms with Crippen molar-refractivity contribution in [3.63, 3.8) is 0 Å². The van der Waals surface area contributed by atoms with Crippen LogP contribution >= 0.6 is 0 Å². The van der Waals surface area contributed by atoms with E-state index in [4.69, 9.17) is 5.73 Å². The molecule has 78 valence electrons. The van der Waals surface area contributed by atoms with Crippen molar-refractivity contribution in [2.75, 3.05) is 13.1 Å². The Labute approximate surface area is 81.1 Å². The fourth-order valence-corrected chi connectivity index (χ4v) is 1.41. The van der Waals surface area contributed by atoms with Crippen molar-refractivity contribution in [2.24, 2.45) is 11.7 Å². The Morgan fingerprint density at radius 3 is 2.54 bits per heavy atom. The molecule has 3 N–H and O–H groups in total. The number of hydrogen-bond acceptors (Lipinski definition) is 2. The quantitative estimate of drug-likeness (QED) is 0.629. The standard InChI is InChI=1S/C10H22N2O/c1-3-9(7-8-11)5-6-10(13)12-4-2/h9H,3-8,11H2,1-2H3,(H,12,13). The van der Waals surface area contributed by atoms with Gasteiger partial charge in [-0.15, -0.1) is 0 Å². The van der Waals surface area contributed by atoms with E-state index in [9.17, 15) is 4.79 Å². The molecule has 0 aromatic carbocycles. The SMILES string of the molecule is CCNC(=O)CCC(CC)CCN. The summed E-state index contributed by atoms with van der Waals surface area (Å²) >= 11 is 0. The normalized spacial score (nSPS) is 12.5. The zero-order chi connectivity index (χ0) is 10.1. The largest absolute Gasteiger partial charge is 0.356 e. The van der Waals surface area contributed by atoms with Crippen LogP contribution < -0.4 is 11.1 Å². The van der Waals surface area contributed by atoms with Crippen molar-refractivity contribution in [1.82, 2.24) is 5.32 Å². The molecule has 0 saturated heterocycles. The lowest BCUT2D eigenvalue weighted by Gasteiger charge is -2.12. The topological polar surface area (TPSA) is 55.1 Å². The van der Waals surface area contributed by atoms with Crippen LogP contribution in [0.4, 0.5) is 0 Å². The second-order valence-electron chi connectivity index (χ2n) is 3.34. The van der Waals surface area contributed by atoms with Crippen LogP contribution in [0, 0.1) is 5.92 Å². The van der Waals surface area contributed by atoms with E-state index >= 15 is 0 Å². The van der Waals surface area contributed by atoms with Crippen LogP contribution in [0.1, 0.15) is 39.5 Å². The van der Waals surface area contributed by atoms with Crippen LogP contribution in [0.25, 0.3) is 0 Å². The first-order chi connectivity index (χ1) is 6.24. The van der Waals surface area contributed by atoms with E-state index in [1.165, 1.54) is 0 Å². The highest BCUT2D eigenvalue weighted by atomic mass is 16.1. The van der Waals surface area contributed by atoms with Gasteiger partial charge in [0.05, 0.1) is 0 Å². The monoisotopic (exact) mass is 186 g/mol. The lowest BCUT2D eigenvalue weighted by molar-refractivity contribution is -0.121. The van der Waals surface area contributed by atoms with Crippen LogP contribution in [0.3, 0.4) is 0 Å². The number of nitrogens with one attached hydrogen (secondary N) is 1. The van der Waals surface area contributed by atoms with E-state index in [0.29, 0.717) is 12.3 Å². The van der Waals surface area contributed by atoms with E-state index in [1.807, 2.05) is 6.92 Å². The Morgan fingerprint density at radius 1 is 1.38 bits per heavy atom. The molecule has 0 aromatic heterocycles. The minimum absolute atomic E-state index is 0.165. The predicted molar refractivity (Wildman–Crippen MR) is 55.4 cm³/mol. The van der Waals surface area contributed by atoms with Gasteiger partial charge in [-0.05, 0) is 32.2 Å². The molecule has 0 fully saturated rings. The van der Waals surface area contributed by atoms with Gasteiger partial charge in [0.1, 0.15) is 0 Å². The molecule has 0 aliphatic carbocycles. The molecule has 0 aliphatic heterocycles. The molecule has 3 nitrogen and oxygen atoms in total. The Morgan fingerprint density at radius 2 is 2.08 bits per heavy atom. The van der Waals surface area contributed by atoms with Gasteiger partial charge in [0.2, 0.25) is 5.91 Å². The molecule has 0 bridgehead atoms. The summed E-state index contributed by atoms with van der Waals surface area (Å²) in [7, 11) is 0. The van der Waals surface area contributed by atoms with Gasteiger partial charge < -0.3 is 11.1 Å². The van der Waals surface area contributed by atoms with Crippen molar-refractivity contribution < 1.29 is 4.79 Å². The first kappa shape index (κ1) is 12.4. The van der Waals surface area contributed by atoms with Crippen molar-refractivity contribution in [1.29, 1.82) is 0 Å². The maximum absolute atomic E-state index is 11.1. The van der Waals surface area contributed by atoms with Gasteiger partial charge in [0.15, 0.2) is 0 Å². The summed E-state index contributed by atoms with van der Waals surface area (Å²) in [5.41, 5.74) is 5.47. The van der Waals surface area contributed by atoms with Crippen molar-refractivity contribution in [3.8, 4) is 0 Å². The maximum Gasteiger partial charge on any atom is 0.219 e. The van der Waals surface area contributed by atoms with Gasteiger partial charge in [0.25, 0.3) is 0 Å². The molecule has 0 radical (unpaired) electrons. The summed E-state index contributed by atoms with van der Waals surface area (Å²) in [5, 5.41) is 2.80. The number of hydrogen-bond donors (Lipinski definition) is 2. The molecule has 13 heavy (non-hydrogen) atoms. The molecule has 1 unspecified atom stereocenters. The number of carbonyl (C=O) groups excluding carboxylic acids is 1. The fraction of sp³-hybridized carbons (Fsp3) is 0.900. The van der Waals surface area contributed by atoms with Crippen molar-refractivity contribution in [3.05, 3.63) is 0 Å². The highest BCUT2D eigenvalue weighted by molar-refractivity contribution is 5.75. The Hall–Kier alpha value is -0.570. The van der Waals surface area contributed by atoms with Crippen LogP contribution in [-0.4, -0.2) is 19.0 Å². The number of amides is 1. The van der Waals surface area contributed by atoms with Crippen LogP contribution in [-0.2, 0) is 4.79 Å². The number of rotatable bonds is 7. The molecule has 0 saturated carbocycles. The molecule has 0 rings (SSSR count). The lowest BCUT2D eigenvalue weighted by Crippen LogP contribution is -2.23. The van der Waals surface area contributed by atoms with Gasteiger partial charge in [-0.1, -0.05) is 13.3 Å². The van der Waals surface area contributed by atoms with Gasteiger partial charge in [0, 0.05) is 13.0 Å². The fourth-order valence-electron chi connectivity index (χ4n) is 1.41. The second-order valence-corrected chi connectivity index (χ2v) is 3.34. The average Bonchev–Trinajstić information content (AvgIpc) is 2.12. The molecule has 1 amide bonds. The van der Waals surface area contributed by atoms with E-state index < -0.39 is 0 Å². The molecular weight excluding hydrogens is 164 g/mol. The number of carbonyl (C=O) groups is 1. The average molecular weight is 186 g/mol. The number of nitrogens with two attached hydrogens (primary N) is 1. The minimum Gasteiger partial charge on any atom is -0.356 e. The van der Waals surface area contributed by atoms with Crippen LogP contribution in [0.15, 0.2) is 0 Å². The highest BCUT2D eigenvalue weighted by Gasteiger charge is 2.07. The van der Waals surface area contributed by atoms with Gasteiger partial charge in [-0.2, -0.15) is 0 Å². The summed E-state index contributed by atoms with van der Waals surface area (Å²) < 4.78 is 0. The summed E-state index contributed by atoms with van der Waals surface area (Å²) in [6, 6.07) is 0. The minimum atomic E-state index is 0.165. The molecule has 0 aliphatic rings. The summed E-state index contributed by atoms with van der Waals surface area (Å²) in [6.45, 7) is 5.55. The molecule has 0 aromatic rings. The zero-order valence-corrected chi connectivity index (χ0v) is 8.81. The first-order valence-corrected chi connectivity index (χ1v) is 5.21. The van der Waals surface area contributed by atoms with Gasteiger partial charge in [-0.25, -0.2) is 0 Å². The molecular formula is C10H22N2O. The van der Waals surface area contributed by atoms with E-state index in [1.54, 1.807) is 0 Å². The lowest BCUT2D eigenvalue weighted by atomic mass is 9.96. The van der Waals surface area contributed by atoms with Crippen molar-refractivity contribution in [2.45, 2.75) is 39.5 Å².